The molecule has 4 rings (SSSR count). The Hall–Kier alpha value is -3.56. The summed E-state index contributed by atoms with van der Waals surface area (Å²) in [6.45, 7) is 7.82. The van der Waals surface area contributed by atoms with E-state index in [9.17, 15) is 13.6 Å². The number of halogens is 2. The van der Waals surface area contributed by atoms with Crippen LogP contribution in [-0.2, 0) is 4.79 Å². The predicted octanol–water partition coefficient (Wildman–Crippen LogP) is 2.97. The molecule has 10 heteroatoms. The molecule has 1 aromatic carbocycles. The minimum Gasteiger partial charge on any atom is -0.353 e. The van der Waals surface area contributed by atoms with Crippen LogP contribution in [0.15, 0.2) is 30.3 Å². The third kappa shape index (κ3) is 4.47. The van der Waals surface area contributed by atoms with Crippen LogP contribution in [0.25, 0.3) is 5.82 Å². The number of nitrogens with one attached hydrogen (secondary N) is 1. The van der Waals surface area contributed by atoms with E-state index in [1.807, 2.05) is 26.0 Å². The molecule has 31 heavy (non-hydrogen) atoms. The largest absolute Gasteiger partial charge is 0.353 e. The summed E-state index contributed by atoms with van der Waals surface area (Å²) in [7, 11) is 0. The number of rotatable bonds is 4. The minimum atomic E-state index is -0.958. The molecule has 3 heterocycles. The van der Waals surface area contributed by atoms with Crippen LogP contribution in [0.5, 0.6) is 0 Å². The highest BCUT2D eigenvalue weighted by atomic mass is 19.2. The Bertz CT molecular complexity index is 1120. The number of aryl methyl sites for hydroxylation is 2. The van der Waals surface area contributed by atoms with Gasteiger partial charge >= 0.3 is 0 Å². The fourth-order valence-electron chi connectivity index (χ4n) is 3.56. The van der Waals surface area contributed by atoms with Crippen LogP contribution >= 0.6 is 0 Å². The fourth-order valence-corrected chi connectivity index (χ4v) is 3.56. The van der Waals surface area contributed by atoms with Crippen molar-refractivity contribution < 1.29 is 13.6 Å². The Kier molecular flexibility index (Phi) is 5.53. The zero-order valence-corrected chi connectivity index (χ0v) is 17.6. The van der Waals surface area contributed by atoms with Crippen LogP contribution in [0, 0.1) is 25.5 Å². The highest BCUT2D eigenvalue weighted by molar-refractivity contribution is 5.73. The van der Waals surface area contributed by atoms with Crippen molar-refractivity contribution in [1.29, 1.82) is 0 Å². The standard InChI is InChI=1S/C21H23F2N7O/c1-13-10-14(2)30(27-13)20-12-19(29-8-6-28(7-9-29)15(3)31)25-21(26-20)24-16-4-5-17(22)18(23)11-16/h4-5,10-12H,6-9H2,1-3H3,(H,24,25,26). The van der Waals surface area contributed by atoms with Crippen molar-refractivity contribution in [3.8, 4) is 5.82 Å². The molecule has 3 aromatic rings. The molecular formula is C21H23F2N7O. The second-order valence-electron chi connectivity index (χ2n) is 7.49. The van der Waals surface area contributed by atoms with E-state index in [2.05, 4.69) is 25.3 Å². The lowest BCUT2D eigenvalue weighted by Gasteiger charge is -2.35. The Morgan fingerprint density at radius 1 is 0.968 bits per heavy atom. The molecule has 1 amide bonds. The van der Waals surface area contributed by atoms with Gasteiger partial charge in [-0.2, -0.15) is 15.1 Å². The predicted molar refractivity (Wildman–Crippen MR) is 113 cm³/mol. The molecular weight excluding hydrogens is 404 g/mol. The number of carbonyl (C=O) groups excluding carboxylic acids is 1. The zero-order chi connectivity index (χ0) is 22.1. The summed E-state index contributed by atoms with van der Waals surface area (Å²) in [5.74, 6) is -0.390. The van der Waals surface area contributed by atoms with Gasteiger partial charge in [-0.3, -0.25) is 4.79 Å². The third-order valence-electron chi connectivity index (χ3n) is 5.15. The summed E-state index contributed by atoms with van der Waals surface area (Å²) < 4.78 is 28.6. The smallest absolute Gasteiger partial charge is 0.231 e. The molecule has 0 atom stereocenters. The van der Waals surface area contributed by atoms with E-state index in [4.69, 9.17) is 0 Å². The molecule has 0 unspecified atom stereocenters. The number of benzene rings is 1. The average molecular weight is 427 g/mol. The Labute approximate surface area is 178 Å². The number of hydrogen-bond donors (Lipinski definition) is 1. The number of aromatic nitrogens is 4. The Morgan fingerprint density at radius 3 is 2.29 bits per heavy atom. The Morgan fingerprint density at radius 2 is 1.68 bits per heavy atom. The lowest BCUT2D eigenvalue weighted by Crippen LogP contribution is -2.48. The average Bonchev–Trinajstić information content (AvgIpc) is 3.08. The maximum atomic E-state index is 13.6. The van der Waals surface area contributed by atoms with Crippen LogP contribution in [0.1, 0.15) is 18.3 Å². The fraction of sp³-hybridized carbons (Fsp3) is 0.333. The van der Waals surface area contributed by atoms with E-state index in [0.717, 1.165) is 23.5 Å². The van der Waals surface area contributed by atoms with Crippen LogP contribution < -0.4 is 10.2 Å². The second kappa shape index (κ2) is 8.29. The summed E-state index contributed by atoms with van der Waals surface area (Å²) >= 11 is 0. The normalized spacial score (nSPS) is 14.1. The maximum absolute atomic E-state index is 13.6. The second-order valence-corrected chi connectivity index (χ2v) is 7.49. The highest BCUT2D eigenvalue weighted by Crippen LogP contribution is 2.23. The minimum absolute atomic E-state index is 0.0476. The molecule has 1 N–H and O–H groups in total. The SMILES string of the molecule is CC(=O)N1CCN(c2cc(-n3nc(C)cc3C)nc(Nc3ccc(F)c(F)c3)n2)CC1. The number of amides is 1. The van der Waals surface area contributed by atoms with Crippen molar-refractivity contribution >= 4 is 23.4 Å². The van der Waals surface area contributed by atoms with Crippen LogP contribution in [0.3, 0.4) is 0 Å². The number of nitrogens with zero attached hydrogens (tertiary/aromatic N) is 6. The lowest BCUT2D eigenvalue weighted by molar-refractivity contribution is -0.129. The van der Waals surface area contributed by atoms with Crippen molar-refractivity contribution in [3.05, 3.63) is 53.4 Å². The van der Waals surface area contributed by atoms with Gasteiger partial charge in [0.15, 0.2) is 17.5 Å². The van der Waals surface area contributed by atoms with E-state index in [-0.39, 0.29) is 11.9 Å². The van der Waals surface area contributed by atoms with Gasteiger partial charge < -0.3 is 15.1 Å². The van der Waals surface area contributed by atoms with Gasteiger partial charge in [0.25, 0.3) is 0 Å². The first kappa shape index (κ1) is 20.7. The van der Waals surface area contributed by atoms with Gasteiger partial charge in [0.05, 0.1) is 5.69 Å². The molecule has 8 nitrogen and oxygen atoms in total. The number of carbonyl (C=O) groups is 1. The van der Waals surface area contributed by atoms with Gasteiger partial charge in [-0.1, -0.05) is 0 Å². The van der Waals surface area contributed by atoms with Crippen molar-refractivity contribution in [2.45, 2.75) is 20.8 Å². The molecule has 0 spiro atoms. The summed E-state index contributed by atoms with van der Waals surface area (Å²) in [4.78, 5) is 24.6. The van der Waals surface area contributed by atoms with Gasteiger partial charge in [-0.15, -0.1) is 0 Å². The van der Waals surface area contributed by atoms with E-state index in [0.29, 0.717) is 43.5 Å². The first-order valence-electron chi connectivity index (χ1n) is 9.95. The molecule has 162 valence electrons. The Balaban J connectivity index is 1.69. The molecule has 2 aromatic heterocycles. The molecule has 1 aliphatic rings. The molecule has 1 aliphatic heterocycles. The first-order chi connectivity index (χ1) is 14.8. The van der Waals surface area contributed by atoms with Gasteiger partial charge in [0, 0.05) is 56.6 Å². The number of piperazine rings is 1. The van der Waals surface area contributed by atoms with E-state index in [1.165, 1.54) is 6.07 Å². The number of anilines is 3. The molecule has 0 saturated carbocycles. The van der Waals surface area contributed by atoms with Gasteiger partial charge in [-0.05, 0) is 32.0 Å². The molecule has 0 radical (unpaired) electrons. The summed E-state index contributed by atoms with van der Waals surface area (Å²) in [6, 6.07) is 7.29. The number of hydrogen-bond acceptors (Lipinski definition) is 6. The maximum Gasteiger partial charge on any atom is 0.231 e. The van der Waals surface area contributed by atoms with E-state index >= 15 is 0 Å². The van der Waals surface area contributed by atoms with Crippen LogP contribution in [-0.4, -0.2) is 56.7 Å². The summed E-state index contributed by atoms with van der Waals surface area (Å²) in [5.41, 5.74) is 2.09. The molecule has 1 saturated heterocycles. The quantitative estimate of drug-likeness (QED) is 0.690. The summed E-state index contributed by atoms with van der Waals surface area (Å²) in [6.07, 6.45) is 0. The van der Waals surface area contributed by atoms with Crippen LogP contribution in [0.2, 0.25) is 0 Å². The van der Waals surface area contributed by atoms with Gasteiger partial charge in [-0.25, -0.2) is 13.5 Å². The van der Waals surface area contributed by atoms with E-state index in [1.54, 1.807) is 16.5 Å². The van der Waals surface area contributed by atoms with Crippen molar-refractivity contribution in [1.82, 2.24) is 24.6 Å². The van der Waals surface area contributed by atoms with Gasteiger partial charge in [0.2, 0.25) is 11.9 Å². The van der Waals surface area contributed by atoms with Crippen molar-refractivity contribution in [2.24, 2.45) is 0 Å². The topological polar surface area (TPSA) is 79.2 Å². The monoisotopic (exact) mass is 427 g/mol. The third-order valence-corrected chi connectivity index (χ3v) is 5.15. The lowest BCUT2D eigenvalue weighted by atomic mass is 10.3. The van der Waals surface area contributed by atoms with Gasteiger partial charge in [0.1, 0.15) is 5.82 Å². The first-order valence-corrected chi connectivity index (χ1v) is 9.95. The highest BCUT2D eigenvalue weighted by Gasteiger charge is 2.21. The van der Waals surface area contributed by atoms with E-state index < -0.39 is 11.6 Å². The van der Waals surface area contributed by atoms with Crippen LogP contribution in [0.4, 0.5) is 26.2 Å². The zero-order valence-electron chi connectivity index (χ0n) is 17.6. The van der Waals surface area contributed by atoms with Crippen molar-refractivity contribution in [3.63, 3.8) is 0 Å². The molecule has 0 aliphatic carbocycles. The molecule has 1 fully saturated rings. The summed E-state index contributed by atoms with van der Waals surface area (Å²) in [5, 5.41) is 7.45. The molecule has 0 bridgehead atoms. The van der Waals surface area contributed by atoms with Crippen molar-refractivity contribution in [2.75, 3.05) is 36.4 Å².